The second kappa shape index (κ2) is 14.6. The molecule has 0 unspecified atom stereocenters. The van der Waals surface area contributed by atoms with Gasteiger partial charge in [-0.25, -0.2) is 4.98 Å². The number of azo groups is 1. The van der Waals surface area contributed by atoms with Crippen LogP contribution in [0, 0.1) is 0 Å². The number of thiazole rings is 1. The number of carbonyl (C=O) groups excluding carboxylic acids is 1. The Kier molecular flexibility index (Phi) is 12.2. The Bertz CT molecular complexity index is 933. The van der Waals surface area contributed by atoms with Crippen molar-refractivity contribution >= 4 is 53.3 Å². The first-order chi connectivity index (χ1) is 15.8. The van der Waals surface area contributed by atoms with E-state index in [9.17, 15) is 19.1 Å². The van der Waals surface area contributed by atoms with Crippen LogP contribution in [0.5, 0.6) is 0 Å². The number of anilines is 1. The van der Waals surface area contributed by atoms with Gasteiger partial charge in [0.25, 0.3) is 0 Å². The molecular weight excluding hydrogens is 483 g/mol. The van der Waals surface area contributed by atoms with Gasteiger partial charge in [-0.2, -0.15) is 0 Å². The van der Waals surface area contributed by atoms with Gasteiger partial charge < -0.3 is 14.7 Å². The largest absolute Gasteiger partial charge is 0.371 e. The van der Waals surface area contributed by atoms with Crippen LogP contribution in [-0.2, 0) is 4.57 Å². The third-order valence-electron chi connectivity index (χ3n) is 5.11. The van der Waals surface area contributed by atoms with Gasteiger partial charge in [0.1, 0.15) is 4.88 Å². The molecule has 0 atom stereocenters. The summed E-state index contributed by atoms with van der Waals surface area (Å²) in [5.74, 6) is 0. The molecule has 33 heavy (non-hydrogen) atoms. The van der Waals surface area contributed by atoms with Crippen molar-refractivity contribution in [2.24, 2.45) is 10.2 Å². The molecule has 0 saturated heterocycles. The lowest BCUT2D eigenvalue weighted by Gasteiger charge is -2.25. The Morgan fingerprint density at radius 1 is 1.03 bits per heavy atom. The highest BCUT2D eigenvalue weighted by Gasteiger charge is 2.16. The molecule has 1 aromatic carbocycles. The van der Waals surface area contributed by atoms with Gasteiger partial charge in [-0.05, 0) is 30.7 Å². The first kappa shape index (κ1) is 27.6. The average Bonchev–Trinajstić information content (AvgIpc) is 3.15. The van der Waals surface area contributed by atoms with Gasteiger partial charge in [0.15, 0.2) is 11.4 Å². The number of unbranched alkanes of at least 4 members (excludes halogenated alkanes) is 7. The molecule has 1 heterocycles. The predicted octanol–water partition coefficient (Wildman–Crippen LogP) is 7.15. The maximum Gasteiger partial charge on any atom is 0.327 e. The van der Waals surface area contributed by atoms with E-state index in [0.717, 1.165) is 36.4 Å². The van der Waals surface area contributed by atoms with Crippen LogP contribution < -0.4 is 4.90 Å². The van der Waals surface area contributed by atoms with Crippen LogP contribution in [0.4, 0.5) is 16.5 Å². The minimum Gasteiger partial charge on any atom is -0.371 e. The van der Waals surface area contributed by atoms with Crippen LogP contribution in [0.25, 0.3) is 0 Å². The zero-order valence-electron chi connectivity index (χ0n) is 18.9. The number of hydrogen-bond acceptors (Lipinski definition) is 7. The number of aromatic nitrogens is 1. The maximum absolute atomic E-state index is 11.4. The van der Waals surface area contributed by atoms with E-state index in [0.29, 0.717) is 22.0 Å². The topological polar surface area (TPSA) is 115 Å². The number of rotatable bonds is 16. The van der Waals surface area contributed by atoms with Gasteiger partial charge in [0.2, 0.25) is 5.13 Å². The molecule has 0 saturated carbocycles. The quantitative estimate of drug-likeness (QED) is 0.106. The first-order valence-electron chi connectivity index (χ1n) is 11.2. The minimum atomic E-state index is -4.08. The van der Waals surface area contributed by atoms with Gasteiger partial charge >= 0.3 is 7.60 Å². The molecule has 2 N–H and O–H groups in total. The fraction of sp³-hybridized carbons (Fsp3) is 0.545. The van der Waals surface area contributed by atoms with Crippen LogP contribution in [0.1, 0.15) is 68.0 Å². The lowest BCUT2D eigenvalue weighted by Crippen LogP contribution is -2.27. The highest BCUT2D eigenvalue weighted by molar-refractivity contribution is 7.51. The summed E-state index contributed by atoms with van der Waals surface area (Å²) in [6.45, 7) is 3.23. The third kappa shape index (κ3) is 10.9. The number of nitrogens with zero attached hydrogens (tertiary/aromatic N) is 4. The van der Waals surface area contributed by atoms with Crippen LogP contribution in [0.2, 0.25) is 5.15 Å². The Morgan fingerprint density at radius 3 is 2.24 bits per heavy atom. The van der Waals surface area contributed by atoms with Crippen LogP contribution >= 0.6 is 30.5 Å². The van der Waals surface area contributed by atoms with Gasteiger partial charge in [-0.15, -0.1) is 10.2 Å². The van der Waals surface area contributed by atoms with E-state index < -0.39 is 7.60 Å². The zero-order valence-corrected chi connectivity index (χ0v) is 21.4. The Morgan fingerprint density at radius 2 is 1.67 bits per heavy atom. The molecule has 8 nitrogen and oxygen atoms in total. The third-order valence-corrected chi connectivity index (χ3v) is 7.16. The predicted molar refractivity (Wildman–Crippen MR) is 135 cm³/mol. The molecule has 0 bridgehead atoms. The van der Waals surface area contributed by atoms with Crippen LogP contribution in [-0.4, -0.2) is 40.3 Å². The van der Waals surface area contributed by atoms with E-state index in [-0.39, 0.29) is 17.9 Å². The standard InChI is InChI=1S/C22H32ClN4O4PS/c1-2-3-4-5-6-7-8-9-14-27(15-16-32(29,30)31)19-12-10-18(11-13-19)25-26-22-24-21(23)20(17-28)33-22/h10-13,17H,2-9,14-16H2,1H3,(H2,29,30,31). The summed E-state index contributed by atoms with van der Waals surface area (Å²) >= 11 is 6.90. The molecule has 0 radical (unpaired) electrons. The number of carbonyl (C=O) groups is 1. The molecule has 2 rings (SSSR count). The van der Waals surface area contributed by atoms with Crippen molar-refractivity contribution in [3.63, 3.8) is 0 Å². The smallest absolute Gasteiger partial charge is 0.327 e. The van der Waals surface area contributed by atoms with Crippen molar-refractivity contribution in [2.75, 3.05) is 24.2 Å². The monoisotopic (exact) mass is 514 g/mol. The molecule has 0 spiro atoms. The summed E-state index contributed by atoms with van der Waals surface area (Å²) in [6, 6.07) is 7.30. The minimum absolute atomic E-state index is 0.112. The van der Waals surface area contributed by atoms with Gasteiger partial charge in [0.05, 0.1) is 11.8 Å². The molecule has 0 aliphatic carbocycles. The summed E-state index contributed by atoms with van der Waals surface area (Å²) in [5.41, 5.74) is 1.48. The summed E-state index contributed by atoms with van der Waals surface area (Å²) in [5, 5.41) is 8.55. The second-order valence-corrected chi connectivity index (χ2v) is 11.0. The molecule has 2 aromatic rings. The number of aldehydes is 1. The summed E-state index contributed by atoms with van der Waals surface area (Å²) in [6.07, 6.45) is 10.0. The Balaban J connectivity index is 1.93. The van der Waals surface area contributed by atoms with Gasteiger partial charge in [-0.3, -0.25) is 9.36 Å². The highest BCUT2D eigenvalue weighted by Crippen LogP contribution is 2.34. The van der Waals surface area contributed by atoms with E-state index in [2.05, 4.69) is 22.1 Å². The molecule has 1 aromatic heterocycles. The lowest BCUT2D eigenvalue weighted by molar-refractivity contribution is 0.112. The summed E-state index contributed by atoms with van der Waals surface area (Å²) in [4.78, 5) is 35.8. The molecule has 0 aliphatic heterocycles. The zero-order chi connectivity index (χ0) is 24.1. The Labute approximate surface area is 204 Å². The highest BCUT2D eigenvalue weighted by atomic mass is 35.5. The second-order valence-electron chi connectivity index (χ2n) is 7.84. The molecule has 0 fully saturated rings. The molecule has 0 aliphatic rings. The molecule has 0 amide bonds. The fourth-order valence-electron chi connectivity index (χ4n) is 3.31. The van der Waals surface area contributed by atoms with Crippen molar-refractivity contribution in [3.05, 3.63) is 34.3 Å². The van der Waals surface area contributed by atoms with E-state index in [1.807, 2.05) is 17.0 Å². The van der Waals surface area contributed by atoms with E-state index in [1.165, 1.54) is 38.5 Å². The molecule has 182 valence electrons. The average molecular weight is 515 g/mol. The molecule has 11 heteroatoms. The van der Waals surface area contributed by atoms with Crippen molar-refractivity contribution in [1.82, 2.24) is 4.98 Å². The fourth-order valence-corrected chi connectivity index (χ4v) is 4.69. The number of hydrogen-bond donors (Lipinski definition) is 2. The van der Waals surface area contributed by atoms with Gasteiger partial charge in [0, 0.05) is 18.8 Å². The lowest BCUT2D eigenvalue weighted by atomic mass is 10.1. The number of benzene rings is 1. The summed E-state index contributed by atoms with van der Waals surface area (Å²) in [7, 11) is -4.08. The number of halogens is 1. The van der Waals surface area contributed by atoms with Crippen molar-refractivity contribution < 1.29 is 19.1 Å². The van der Waals surface area contributed by atoms with E-state index in [4.69, 9.17) is 11.6 Å². The van der Waals surface area contributed by atoms with Crippen molar-refractivity contribution in [3.8, 4) is 0 Å². The Hall–Kier alpha value is -1.64. The van der Waals surface area contributed by atoms with Crippen molar-refractivity contribution in [2.45, 2.75) is 58.3 Å². The molecular formula is C22H32ClN4O4PS. The van der Waals surface area contributed by atoms with Gasteiger partial charge in [-0.1, -0.05) is 74.8 Å². The van der Waals surface area contributed by atoms with Crippen LogP contribution in [0.3, 0.4) is 0 Å². The van der Waals surface area contributed by atoms with Crippen LogP contribution in [0.15, 0.2) is 34.5 Å². The van der Waals surface area contributed by atoms with Crippen molar-refractivity contribution in [1.29, 1.82) is 0 Å². The normalized spacial score (nSPS) is 11.9. The van der Waals surface area contributed by atoms with E-state index in [1.54, 1.807) is 12.1 Å². The summed E-state index contributed by atoms with van der Waals surface area (Å²) < 4.78 is 11.4. The first-order valence-corrected chi connectivity index (χ1v) is 14.2. The SMILES string of the molecule is CCCCCCCCCCN(CCP(=O)(O)O)c1ccc(N=Nc2nc(Cl)c(C=O)s2)cc1. The van der Waals surface area contributed by atoms with E-state index >= 15 is 0 Å². The maximum atomic E-state index is 11.4.